The summed E-state index contributed by atoms with van der Waals surface area (Å²) >= 11 is 6.09. The van der Waals surface area contributed by atoms with Crippen molar-refractivity contribution in [1.29, 1.82) is 0 Å². The summed E-state index contributed by atoms with van der Waals surface area (Å²) in [6.45, 7) is 1.85. The summed E-state index contributed by atoms with van der Waals surface area (Å²) < 4.78 is 8.21. The van der Waals surface area contributed by atoms with Crippen LogP contribution in [0.1, 0.15) is 17.3 Å². The van der Waals surface area contributed by atoms with Gasteiger partial charge >= 0.3 is 5.97 Å². The van der Waals surface area contributed by atoms with Crippen molar-refractivity contribution in [3.05, 3.63) is 94.3 Å². The largest absolute Gasteiger partial charge is 0.462 e. The second-order valence-corrected chi connectivity index (χ2v) is 7.53. The Morgan fingerprint density at radius 3 is 2.50 bits per heavy atom. The van der Waals surface area contributed by atoms with Gasteiger partial charge < -0.3 is 9.30 Å². The molecule has 8 heteroatoms. The van der Waals surface area contributed by atoms with Gasteiger partial charge in [0.2, 0.25) is 0 Å². The lowest BCUT2D eigenvalue weighted by Gasteiger charge is -2.07. The van der Waals surface area contributed by atoms with Crippen LogP contribution < -0.4 is 5.56 Å². The van der Waals surface area contributed by atoms with E-state index in [1.807, 2.05) is 53.2 Å². The van der Waals surface area contributed by atoms with Crippen LogP contribution >= 0.6 is 11.6 Å². The van der Waals surface area contributed by atoms with Crippen molar-refractivity contribution < 1.29 is 9.53 Å². The first-order chi connectivity index (χ1) is 15.6. The number of carbonyl (C=O) groups excluding carboxylic acids is 1. The van der Waals surface area contributed by atoms with Gasteiger partial charge in [-0.3, -0.25) is 4.79 Å². The maximum atomic E-state index is 13.0. The van der Waals surface area contributed by atoms with Gasteiger partial charge in [0.25, 0.3) is 5.56 Å². The standard InChI is InChI=1S/C24H17ClN4O3/c1-2-32-24(31)18-12-26-21-20-19(15-8-10-16(25)11-9-15)13-28(17-6-4-3-5-7-17)22(20)27-14-29(21)23(18)30/h3-14H,2H2,1H3. The number of fused-ring (bicyclic) bond motifs is 3. The molecule has 0 saturated carbocycles. The highest BCUT2D eigenvalue weighted by atomic mass is 35.5. The number of hydrogen-bond acceptors (Lipinski definition) is 5. The average Bonchev–Trinajstić information content (AvgIpc) is 3.21. The van der Waals surface area contributed by atoms with Crippen molar-refractivity contribution in [2.75, 3.05) is 6.61 Å². The van der Waals surface area contributed by atoms with E-state index in [4.69, 9.17) is 16.3 Å². The number of carbonyl (C=O) groups is 1. The zero-order valence-corrected chi connectivity index (χ0v) is 17.8. The predicted molar refractivity (Wildman–Crippen MR) is 122 cm³/mol. The third-order valence-corrected chi connectivity index (χ3v) is 5.43. The molecular formula is C24H17ClN4O3. The number of para-hydroxylation sites is 1. The summed E-state index contributed by atoms with van der Waals surface area (Å²) in [7, 11) is 0. The Hall–Kier alpha value is -3.97. The van der Waals surface area contributed by atoms with Crippen LogP contribution in [0.15, 0.2) is 78.1 Å². The zero-order valence-electron chi connectivity index (χ0n) is 17.0. The normalized spacial score (nSPS) is 11.2. The van der Waals surface area contributed by atoms with E-state index in [1.165, 1.54) is 16.9 Å². The Labute approximate surface area is 187 Å². The lowest BCUT2D eigenvalue weighted by atomic mass is 10.1. The van der Waals surface area contributed by atoms with Crippen LogP contribution in [-0.4, -0.2) is 31.5 Å². The second-order valence-electron chi connectivity index (χ2n) is 7.09. The van der Waals surface area contributed by atoms with Crippen LogP contribution in [0.3, 0.4) is 0 Å². The van der Waals surface area contributed by atoms with Gasteiger partial charge in [-0.1, -0.05) is 41.9 Å². The first-order valence-corrected chi connectivity index (χ1v) is 10.4. The number of halogens is 1. The van der Waals surface area contributed by atoms with Gasteiger partial charge in [-0.05, 0) is 36.8 Å². The Balaban J connectivity index is 1.85. The topological polar surface area (TPSA) is 78.5 Å². The molecule has 0 N–H and O–H groups in total. The fourth-order valence-electron chi connectivity index (χ4n) is 3.70. The van der Waals surface area contributed by atoms with Crippen molar-refractivity contribution in [1.82, 2.24) is 18.9 Å². The molecule has 3 aromatic heterocycles. The molecule has 3 heterocycles. The number of nitrogens with zero attached hydrogens (tertiary/aromatic N) is 4. The molecule has 5 aromatic rings. The molecule has 5 rings (SSSR count). The van der Waals surface area contributed by atoms with Gasteiger partial charge in [0.15, 0.2) is 11.3 Å². The molecule has 2 aromatic carbocycles. The molecule has 0 atom stereocenters. The van der Waals surface area contributed by atoms with Crippen LogP contribution in [-0.2, 0) is 4.74 Å². The molecule has 0 saturated heterocycles. The monoisotopic (exact) mass is 444 g/mol. The zero-order chi connectivity index (χ0) is 22.2. The van der Waals surface area contributed by atoms with E-state index in [0.29, 0.717) is 21.7 Å². The van der Waals surface area contributed by atoms with E-state index >= 15 is 0 Å². The highest BCUT2D eigenvalue weighted by molar-refractivity contribution is 6.30. The van der Waals surface area contributed by atoms with Crippen molar-refractivity contribution >= 4 is 34.3 Å². The molecule has 0 aliphatic heterocycles. The second kappa shape index (κ2) is 7.94. The van der Waals surface area contributed by atoms with Crippen LogP contribution in [0.2, 0.25) is 5.02 Å². The van der Waals surface area contributed by atoms with Gasteiger partial charge in [-0.2, -0.15) is 0 Å². The van der Waals surface area contributed by atoms with Gasteiger partial charge in [0.1, 0.15) is 11.9 Å². The third kappa shape index (κ3) is 3.23. The molecule has 0 bridgehead atoms. The summed E-state index contributed by atoms with van der Waals surface area (Å²) in [4.78, 5) is 34.2. The predicted octanol–water partition coefficient (Wildman–Crippen LogP) is 4.53. The van der Waals surface area contributed by atoms with Crippen molar-refractivity contribution in [3.8, 4) is 16.8 Å². The number of benzene rings is 2. The summed E-state index contributed by atoms with van der Waals surface area (Å²) in [6, 6.07) is 17.2. The first kappa shape index (κ1) is 20.0. The molecule has 0 fully saturated rings. The van der Waals surface area contributed by atoms with Crippen LogP contribution in [0.5, 0.6) is 0 Å². The fourth-order valence-corrected chi connectivity index (χ4v) is 3.83. The Morgan fingerprint density at radius 1 is 1.03 bits per heavy atom. The first-order valence-electron chi connectivity index (χ1n) is 9.98. The minimum absolute atomic E-state index is 0.138. The fraction of sp³-hybridized carbons (Fsp3) is 0.0833. The number of aromatic nitrogens is 4. The summed E-state index contributed by atoms with van der Waals surface area (Å²) in [5, 5.41) is 1.31. The third-order valence-electron chi connectivity index (χ3n) is 5.18. The number of rotatable bonds is 4. The van der Waals surface area contributed by atoms with E-state index in [0.717, 1.165) is 16.8 Å². The lowest BCUT2D eigenvalue weighted by molar-refractivity contribution is 0.0523. The maximum absolute atomic E-state index is 13.0. The Kier molecular flexibility index (Phi) is 4.95. The van der Waals surface area contributed by atoms with Crippen molar-refractivity contribution in [2.45, 2.75) is 6.92 Å². The quantitative estimate of drug-likeness (QED) is 0.380. The van der Waals surface area contributed by atoms with Gasteiger partial charge in [-0.15, -0.1) is 0 Å². The molecule has 0 spiro atoms. The summed E-state index contributed by atoms with van der Waals surface area (Å²) in [5.74, 6) is -0.709. The van der Waals surface area contributed by atoms with E-state index in [9.17, 15) is 9.59 Å². The van der Waals surface area contributed by atoms with Crippen molar-refractivity contribution in [3.63, 3.8) is 0 Å². The summed E-state index contributed by atoms with van der Waals surface area (Å²) in [5.41, 5.74) is 3.01. The number of esters is 1. The highest BCUT2D eigenvalue weighted by Gasteiger charge is 2.20. The van der Waals surface area contributed by atoms with E-state index < -0.39 is 11.5 Å². The summed E-state index contributed by atoms with van der Waals surface area (Å²) in [6.07, 6.45) is 4.61. The van der Waals surface area contributed by atoms with Crippen LogP contribution in [0.25, 0.3) is 33.5 Å². The molecule has 0 aliphatic rings. The van der Waals surface area contributed by atoms with E-state index in [-0.39, 0.29) is 12.2 Å². The minimum atomic E-state index is -0.709. The lowest BCUT2D eigenvalue weighted by Crippen LogP contribution is -2.24. The smallest absolute Gasteiger partial charge is 0.345 e. The van der Waals surface area contributed by atoms with Gasteiger partial charge in [0, 0.05) is 28.7 Å². The highest BCUT2D eigenvalue weighted by Crippen LogP contribution is 2.34. The molecule has 158 valence electrons. The molecule has 7 nitrogen and oxygen atoms in total. The average molecular weight is 445 g/mol. The molecular weight excluding hydrogens is 428 g/mol. The Bertz CT molecular complexity index is 1520. The maximum Gasteiger partial charge on any atom is 0.345 e. The van der Waals surface area contributed by atoms with Crippen LogP contribution in [0, 0.1) is 0 Å². The molecule has 0 amide bonds. The number of ether oxygens (including phenoxy) is 1. The van der Waals surface area contributed by atoms with Gasteiger partial charge in [0.05, 0.1) is 12.0 Å². The SMILES string of the molecule is CCOC(=O)c1cnc2c3c(-c4ccc(Cl)cc4)cn(-c4ccccc4)c3ncn2c1=O. The van der Waals surface area contributed by atoms with Gasteiger partial charge in [-0.25, -0.2) is 19.2 Å². The van der Waals surface area contributed by atoms with Crippen molar-refractivity contribution in [2.24, 2.45) is 0 Å². The minimum Gasteiger partial charge on any atom is -0.462 e. The molecule has 0 unspecified atom stereocenters. The molecule has 0 radical (unpaired) electrons. The molecule has 32 heavy (non-hydrogen) atoms. The van der Waals surface area contributed by atoms with E-state index in [2.05, 4.69) is 9.97 Å². The van der Waals surface area contributed by atoms with Crippen LogP contribution in [0.4, 0.5) is 0 Å². The Morgan fingerprint density at radius 2 is 1.78 bits per heavy atom. The van der Waals surface area contributed by atoms with E-state index in [1.54, 1.807) is 19.1 Å². The molecule has 0 aliphatic carbocycles. The number of hydrogen-bond donors (Lipinski definition) is 0.